The Morgan fingerprint density at radius 1 is 1.26 bits per heavy atom. The number of hydrogen-bond acceptors (Lipinski definition) is 10. The monoisotopic (exact) mass is 423 g/mol. The molecule has 0 spiro atoms. The molecule has 1 aliphatic heterocycles. The van der Waals surface area contributed by atoms with E-state index in [0.29, 0.717) is 0 Å². The predicted molar refractivity (Wildman–Crippen MR) is 81.4 cm³/mol. The van der Waals surface area contributed by atoms with Crippen molar-refractivity contribution in [2.24, 2.45) is 0 Å². The fraction of sp³-hybridized carbons (Fsp3) is 1.00. The molecule has 0 saturated carbocycles. The third-order valence-electron chi connectivity index (χ3n) is 3.44. The maximum atomic E-state index is 11.2. The normalized spacial score (nSPS) is 37.2. The summed E-state index contributed by atoms with van der Waals surface area (Å²) in [4.78, 5) is 0. The molecule has 0 aromatic carbocycles. The molecule has 0 radical (unpaired) electrons. The van der Waals surface area contributed by atoms with Crippen molar-refractivity contribution in [1.82, 2.24) is 4.72 Å². The number of rotatable bonds is 8. The molecule has 1 saturated heterocycles. The van der Waals surface area contributed by atoms with Crippen molar-refractivity contribution >= 4 is 24.6 Å². The van der Waals surface area contributed by atoms with Gasteiger partial charge in [0.15, 0.2) is 6.29 Å². The minimum absolute atomic E-state index is 0.341. The molecule has 7 N–H and O–H groups in total. The van der Waals surface area contributed by atoms with Gasteiger partial charge in [0, 0.05) is 0 Å². The molecule has 0 aliphatic carbocycles. The first-order chi connectivity index (χ1) is 10.7. The Hall–Kier alpha value is 0.430. The Labute approximate surface area is 143 Å². The van der Waals surface area contributed by atoms with Gasteiger partial charge in [0.2, 0.25) is 0 Å². The quantitative estimate of drug-likeness (QED) is 0.194. The fourth-order valence-corrected chi connectivity index (χ4v) is 3.23. The van der Waals surface area contributed by atoms with Crippen LogP contribution < -0.4 is 4.72 Å². The second-order valence-electron chi connectivity index (χ2n) is 5.21. The van der Waals surface area contributed by atoms with Gasteiger partial charge in [-0.3, -0.25) is 0 Å². The molecule has 23 heavy (non-hydrogen) atoms. The number of aliphatic hydroxyl groups is 6. The molecule has 138 valence electrons. The lowest BCUT2D eigenvalue weighted by Crippen LogP contribution is -2.60. The molecule has 1 rings (SSSR count). The lowest BCUT2D eigenvalue weighted by atomic mass is 9.99. The van der Waals surface area contributed by atoms with Gasteiger partial charge in [-0.25, -0.2) is 0 Å². The van der Waals surface area contributed by atoms with E-state index in [9.17, 15) is 30.1 Å². The lowest BCUT2D eigenvalue weighted by molar-refractivity contribution is -0.303. The SMILES string of the molecule is C[C@@H](O)[C@@H](O)[C@H](CO[C@H]1O[C@H](CO)[C@H](O)[C@H](O)[C@H]1O)N[S+]([O-])Br. The Bertz CT molecular complexity index is 351. The average molecular weight is 424 g/mol. The highest BCUT2D eigenvalue weighted by molar-refractivity contribution is 9.47. The highest BCUT2D eigenvalue weighted by atomic mass is 79.9. The van der Waals surface area contributed by atoms with Crippen molar-refractivity contribution in [2.75, 3.05) is 13.2 Å². The summed E-state index contributed by atoms with van der Waals surface area (Å²) in [6.07, 6.45) is -9.70. The molecular formula is C11H22BrNO9S. The van der Waals surface area contributed by atoms with E-state index in [1.54, 1.807) is 0 Å². The van der Waals surface area contributed by atoms with Crippen molar-refractivity contribution in [3.63, 3.8) is 0 Å². The van der Waals surface area contributed by atoms with Crippen LogP contribution >= 0.6 is 14.8 Å². The Morgan fingerprint density at radius 2 is 1.87 bits per heavy atom. The Kier molecular flexibility index (Phi) is 9.14. The zero-order valence-electron chi connectivity index (χ0n) is 12.2. The first-order valence-electron chi connectivity index (χ1n) is 6.81. The molecule has 0 aromatic heterocycles. The van der Waals surface area contributed by atoms with Crippen LogP contribution in [0.4, 0.5) is 0 Å². The topological polar surface area (TPSA) is 175 Å². The van der Waals surface area contributed by atoms with E-state index in [0.717, 1.165) is 0 Å². The predicted octanol–water partition coefficient (Wildman–Crippen LogP) is -3.52. The van der Waals surface area contributed by atoms with Gasteiger partial charge in [0.25, 0.3) is 14.8 Å². The van der Waals surface area contributed by atoms with Gasteiger partial charge in [0.05, 0.1) is 19.3 Å². The van der Waals surface area contributed by atoms with Crippen LogP contribution in [0.25, 0.3) is 0 Å². The third kappa shape index (κ3) is 6.02. The van der Waals surface area contributed by atoms with E-state index in [-0.39, 0.29) is 6.61 Å². The smallest absolute Gasteiger partial charge is 0.255 e. The number of ether oxygens (including phenoxy) is 2. The zero-order valence-corrected chi connectivity index (χ0v) is 14.6. The Balaban J connectivity index is 2.68. The molecular weight excluding hydrogens is 402 g/mol. The van der Waals surface area contributed by atoms with Gasteiger partial charge in [0.1, 0.15) is 46.4 Å². The van der Waals surface area contributed by atoms with Gasteiger partial charge in [-0.15, -0.1) is 4.72 Å². The number of halogens is 1. The molecule has 1 aliphatic rings. The number of aliphatic hydroxyl groups excluding tert-OH is 6. The van der Waals surface area contributed by atoms with E-state index in [1.165, 1.54) is 6.92 Å². The van der Waals surface area contributed by atoms with E-state index < -0.39 is 65.4 Å². The van der Waals surface area contributed by atoms with E-state index in [4.69, 9.17) is 14.6 Å². The van der Waals surface area contributed by atoms with Gasteiger partial charge >= 0.3 is 0 Å². The molecule has 0 amide bonds. The van der Waals surface area contributed by atoms with Crippen LogP contribution in [-0.4, -0.2) is 97.4 Å². The van der Waals surface area contributed by atoms with Crippen LogP contribution in [0, 0.1) is 0 Å². The van der Waals surface area contributed by atoms with Crippen molar-refractivity contribution in [3.8, 4) is 0 Å². The summed E-state index contributed by atoms with van der Waals surface area (Å²) in [5.74, 6) is 0. The minimum Gasteiger partial charge on any atom is -0.587 e. The van der Waals surface area contributed by atoms with Crippen LogP contribution in [0.5, 0.6) is 0 Å². The largest absolute Gasteiger partial charge is 0.587 e. The standard InChI is InChI=1S/C11H22BrNO9S/c1-4(15)7(16)5(13-23(12)20)3-21-11-10(19)9(18)8(17)6(2-14)22-11/h4-11,13-19H,2-3H2,1H3/t4-,5+,6-,7-,8+,9+,10-,11+,23?/m1/s1. The Morgan fingerprint density at radius 3 is 2.35 bits per heavy atom. The maximum Gasteiger partial charge on any atom is 0.255 e. The van der Waals surface area contributed by atoms with Crippen LogP contribution in [0.2, 0.25) is 0 Å². The summed E-state index contributed by atoms with van der Waals surface area (Å²) in [5.41, 5.74) is 0. The minimum atomic E-state index is -1.69. The van der Waals surface area contributed by atoms with Crippen molar-refractivity contribution < 1.29 is 44.7 Å². The number of hydrogen-bond donors (Lipinski definition) is 7. The highest BCUT2D eigenvalue weighted by Gasteiger charge is 2.44. The van der Waals surface area contributed by atoms with Crippen molar-refractivity contribution in [2.45, 2.75) is 55.9 Å². The number of nitrogens with one attached hydrogen (secondary N) is 1. The van der Waals surface area contributed by atoms with Crippen LogP contribution in [0.3, 0.4) is 0 Å². The van der Waals surface area contributed by atoms with Gasteiger partial charge in [-0.05, 0) is 6.92 Å². The summed E-state index contributed by atoms with van der Waals surface area (Å²) in [7, 11) is -1.69. The van der Waals surface area contributed by atoms with E-state index >= 15 is 0 Å². The molecule has 0 bridgehead atoms. The summed E-state index contributed by atoms with van der Waals surface area (Å²) in [6, 6.07) is -0.984. The van der Waals surface area contributed by atoms with Gasteiger partial charge < -0.3 is 44.7 Å². The van der Waals surface area contributed by atoms with Crippen LogP contribution in [-0.2, 0) is 19.3 Å². The second-order valence-corrected chi connectivity index (χ2v) is 7.66. The zero-order chi connectivity index (χ0) is 17.7. The average Bonchev–Trinajstić information content (AvgIpc) is 2.49. The molecule has 1 fully saturated rings. The third-order valence-corrected chi connectivity index (χ3v) is 4.49. The first kappa shape index (κ1) is 21.5. The van der Waals surface area contributed by atoms with Crippen LogP contribution in [0.1, 0.15) is 6.92 Å². The van der Waals surface area contributed by atoms with Gasteiger partial charge in [-0.1, -0.05) is 0 Å². The summed E-state index contributed by atoms with van der Waals surface area (Å²) >= 11 is 2.73. The summed E-state index contributed by atoms with van der Waals surface area (Å²) in [6.45, 7) is 0.380. The fourth-order valence-electron chi connectivity index (χ4n) is 2.06. The highest BCUT2D eigenvalue weighted by Crippen LogP contribution is 2.22. The molecule has 10 nitrogen and oxygen atoms in total. The van der Waals surface area contributed by atoms with E-state index in [2.05, 4.69) is 19.5 Å². The van der Waals surface area contributed by atoms with Crippen molar-refractivity contribution in [3.05, 3.63) is 0 Å². The molecule has 12 heteroatoms. The summed E-state index contributed by atoms with van der Waals surface area (Å²) in [5, 5.41) is 57.4. The maximum absolute atomic E-state index is 11.2. The second kappa shape index (κ2) is 9.79. The molecule has 9 atom stereocenters. The van der Waals surface area contributed by atoms with Crippen molar-refractivity contribution in [1.29, 1.82) is 0 Å². The van der Waals surface area contributed by atoms with Crippen LogP contribution in [0.15, 0.2) is 0 Å². The molecule has 1 unspecified atom stereocenters. The molecule has 0 aromatic rings. The van der Waals surface area contributed by atoms with E-state index in [1.807, 2.05) is 0 Å². The lowest BCUT2D eigenvalue weighted by Gasteiger charge is -2.40. The summed E-state index contributed by atoms with van der Waals surface area (Å²) < 4.78 is 24.0. The van der Waals surface area contributed by atoms with Gasteiger partial charge in [-0.2, -0.15) is 0 Å². The molecule has 1 heterocycles. The first-order valence-corrected chi connectivity index (χ1v) is 9.80.